The smallest absolute Gasteiger partial charge is 0.144 e. The van der Waals surface area contributed by atoms with Crippen LogP contribution < -0.4 is 0 Å². The Kier molecular flexibility index (Phi) is 3.48. The van der Waals surface area contributed by atoms with E-state index in [1.807, 2.05) is 37.3 Å². The molecule has 1 rings (SSSR count). The van der Waals surface area contributed by atoms with E-state index in [9.17, 15) is 0 Å². The largest absolute Gasteiger partial charge is 0.372 e. The lowest BCUT2D eigenvalue weighted by atomic mass is 10.2. The minimum Gasteiger partial charge on any atom is -0.372 e. The summed E-state index contributed by atoms with van der Waals surface area (Å²) in [7, 11) is 0. The number of aliphatic hydroxyl groups excluding tert-OH is 1. The van der Waals surface area contributed by atoms with Crippen LogP contribution in [0.15, 0.2) is 35.3 Å². The highest BCUT2D eigenvalue weighted by Crippen LogP contribution is 1.96. The Labute approximate surface area is 72.6 Å². The summed E-state index contributed by atoms with van der Waals surface area (Å²) in [6.07, 6.45) is 1.78. The van der Waals surface area contributed by atoms with Gasteiger partial charge in [-0.05, 0) is 12.0 Å². The third-order valence-electron chi connectivity index (χ3n) is 1.56. The van der Waals surface area contributed by atoms with Crippen LogP contribution in [0, 0.1) is 0 Å². The van der Waals surface area contributed by atoms with E-state index < -0.39 is 6.23 Å². The third kappa shape index (κ3) is 2.84. The van der Waals surface area contributed by atoms with Gasteiger partial charge in [0.2, 0.25) is 0 Å². The minimum atomic E-state index is -0.565. The Morgan fingerprint density at radius 3 is 2.67 bits per heavy atom. The van der Waals surface area contributed by atoms with E-state index in [0.717, 1.165) is 5.56 Å². The van der Waals surface area contributed by atoms with Gasteiger partial charge in [-0.1, -0.05) is 37.3 Å². The fourth-order valence-electron chi connectivity index (χ4n) is 0.817. The molecule has 0 aliphatic heterocycles. The summed E-state index contributed by atoms with van der Waals surface area (Å²) in [5.74, 6) is 0. The molecule has 2 heteroatoms. The predicted molar refractivity (Wildman–Crippen MR) is 50.3 cm³/mol. The van der Waals surface area contributed by atoms with E-state index in [4.69, 9.17) is 5.11 Å². The van der Waals surface area contributed by atoms with Crippen molar-refractivity contribution in [1.29, 1.82) is 0 Å². The van der Waals surface area contributed by atoms with Crippen LogP contribution in [0.25, 0.3) is 0 Å². The second-order valence-corrected chi connectivity index (χ2v) is 2.58. The lowest BCUT2D eigenvalue weighted by Gasteiger charge is -1.98. The first-order valence-corrected chi connectivity index (χ1v) is 4.09. The van der Waals surface area contributed by atoms with Crippen LogP contribution in [0.5, 0.6) is 0 Å². The zero-order chi connectivity index (χ0) is 8.81. The van der Waals surface area contributed by atoms with Gasteiger partial charge in [-0.25, -0.2) is 0 Å². The topological polar surface area (TPSA) is 32.6 Å². The molecule has 0 heterocycles. The average Bonchev–Trinajstić information content (AvgIpc) is 2.16. The summed E-state index contributed by atoms with van der Waals surface area (Å²) in [6.45, 7) is 1.90. The van der Waals surface area contributed by atoms with Gasteiger partial charge in [-0.2, -0.15) is 0 Å². The molecule has 0 amide bonds. The van der Waals surface area contributed by atoms with Crippen LogP contribution in [-0.4, -0.2) is 17.5 Å². The lowest BCUT2D eigenvalue weighted by Crippen LogP contribution is -1.99. The van der Waals surface area contributed by atoms with Crippen molar-refractivity contribution in [2.45, 2.75) is 19.6 Å². The summed E-state index contributed by atoms with van der Waals surface area (Å²) in [6, 6.07) is 9.74. The highest BCUT2D eigenvalue weighted by atomic mass is 16.3. The van der Waals surface area contributed by atoms with Crippen LogP contribution in [0.2, 0.25) is 0 Å². The van der Waals surface area contributed by atoms with Crippen LogP contribution >= 0.6 is 0 Å². The zero-order valence-corrected chi connectivity index (χ0v) is 7.14. The second-order valence-electron chi connectivity index (χ2n) is 2.58. The number of aliphatic imine (C=N–C) groups is 1. The second kappa shape index (κ2) is 4.67. The van der Waals surface area contributed by atoms with Gasteiger partial charge in [-0.3, -0.25) is 4.99 Å². The van der Waals surface area contributed by atoms with Gasteiger partial charge in [0.05, 0.1) is 0 Å². The van der Waals surface area contributed by atoms with Crippen molar-refractivity contribution in [3.63, 3.8) is 0 Å². The van der Waals surface area contributed by atoms with E-state index in [1.54, 1.807) is 6.21 Å². The summed E-state index contributed by atoms with van der Waals surface area (Å²) in [5.41, 5.74) is 1.02. The summed E-state index contributed by atoms with van der Waals surface area (Å²) < 4.78 is 0. The molecular formula is C10H13NO. The van der Waals surface area contributed by atoms with Gasteiger partial charge in [-0.15, -0.1) is 0 Å². The van der Waals surface area contributed by atoms with E-state index in [0.29, 0.717) is 6.42 Å². The van der Waals surface area contributed by atoms with Crippen molar-refractivity contribution in [1.82, 2.24) is 0 Å². The first-order chi connectivity index (χ1) is 5.83. The molecule has 0 fully saturated rings. The molecule has 1 unspecified atom stereocenters. The van der Waals surface area contributed by atoms with Crippen LogP contribution in [-0.2, 0) is 0 Å². The van der Waals surface area contributed by atoms with Gasteiger partial charge in [0, 0.05) is 6.21 Å². The summed E-state index contributed by atoms with van der Waals surface area (Å²) in [4.78, 5) is 3.94. The molecule has 0 bridgehead atoms. The maximum atomic E-state index is 9.12. The summed E-state index contributed by atoms with van der Waals surface area (Å²) >= 11 is 0. The van der Waals surface area contributed by atoms with Crippen molar-refractivity contribution in [2.24, 2.45) is 4.99 Å². The average molecular weight is 163 g/mol. The molecule has 1 N–H and O–H groups in total. The van der Waals surface area contributed by atoms with Crippen LogP contribution in [0.1, 0.15) is 18.9 Å². The fourth-order valence-corrected chi connectivity index (χ4v) is 0.817. The molecule has 1 aromatic rings. The zero-order valence-electron chi connectivity index (χ0n) is 7.14. The number of benzene rings is 1. The molecule has 0 aromatic heterocycles. The molecule has 0 spiro atoms. The maximum Gasteiger partial charge on any atom is 0.144 e. The third-order valence-corrected chi connectivity index (χ3v) is 1.56. The Balaban J connectivity index is 2.58. The number of rotatable bonds is 3. The van der Waals surface area contributed by atoms with Gasteiger partial charge in [0.25, 0.3) is 0 Å². The van der Waals surface area contributed by atoms with Crippen LogP contribution in [0.4, 0.5) is 0 Å². The van der Waals surface area contributed by atoms with E-state index in [2.05, 4.69) is 4.99 Å². The Hall–Kier alpha value is -1.15. The van der Waals surface area contributed by atoms with E-state index >= 15 is 0 Å². The van der Waals surface area contributed by atoms with Crippen LogP contribution in [0.3, 0.4) is 0 Å². The Morgan fingerprint density at radius 1 is 1.42 bits per heavy atom. The monoisotopic (exact) mass is 163 g/mol. The van der Waals surface area contributed by atoms with Crippen molar-refractivity contribution < 1.29 is 5.11 Å². The minimum absolute atomic E-state index is 0.565. The van der Waals surface area contributed by atoms with Gasteiger partial charge >= 0.3 is 0 Å². The van der Waals surface area contributed by atoms with Crippen molar-refractivity contribution in [3.8, 4) is 0 Å². The molecule has 2 nitrogen and oxygen atoms in total. The highest BCUT2D eigenvalue weighted by Gasteiger charge is 1.92. The number of aliphatic hydroxyl groups is 1. The molecular weight excluding hydrogens is 150 g/mol. The number of hydrogen-bond donors (Lipinski definition) is 1. The number of hydrogen-bond acceptors (Lipinski definition) is 2. The molecule has 64 valence electrons. The molecule has 1 atom stereocenters. The predicted octanol–water partition coefficient (Wildman–Crippen LogP) is 1.83. The van der Waals surface area contributed by atoms with Gasteiger partial charge < -0.3 is 5.11 Å². The quantitative estimate of drug-likeness (QED) is 0.677. The molecule has 0 aliphatic carbocycles. The summed E-state index contributed by atoms with van der Waals surface area (Å²) in [5, 5.41) is 9.12. The lowest BCUT2D eigenvalue weighted by molar-refractivity contribution is 0.181. The van der Waals surface area contributed by atoms with E-state index in [-0.39, 0.29) is 0 Å². The maximum absolute atomic E-state index is 9.12. The molecule has 0 saturated carbocycles. The highest BCUT2D eigenvalue weighted by molar-refractivity contribution is 5.79. The molecule has 0 saturated heterocycles. The fraction of sp³-hybridized carbons (Fsp3) is 0.300. The molecule has 0 radical (unpaired) electrons. The molecule has 0 aliphatic rings. The van der Waals surface area contributed by atoms with Crippen molar-refractivity contribution in [2.75, 3.05) is 0 Å². The Bertz CT molecular complexity index is 243. The first-order valence-electron chi connectivity index (χ1n) is 4.09. The first kappa shape index (κ1) is 8.94. The SMILES string of the molecule is CCC(O)N=Cc1ccccc1. The molecule has 12 heavy (non-hydrogen) atoms. The van der Waals surface area contributed by atoms with E-state index in [1.165, 1.54) is 0 Å². The Morgan fingerprint density at radius 2 is 2.08 bits per heavy atom. The standard InChI is InChI=1S/C10H13NO/c1-2-10(12)11-8-9-6-4-3-5-7-9/h3-8,10,12H,2H2,1H3. The normalized spacial score (nSPS) is 13.5. The number of nitrogens with zero attached hydrogens (tertiary/aromatic N) is 1. The van der Waals surface area contributed by atoms with Crippen molar-refractivity contribution in [3.05, 3.63) is 35.9 Å². The van der Waals surface area contributed by atoms with Gasteiger partial charge in [0.1, 0.15) is 6.23 Å². The van der Waals surface area contributed by atoms with Gasteiger partial charge in [0.15, 0.2) is 0 Å². The molecule has 1 aromatic carbocycles. The van der Waals surface area contributed by atoms with Crippen molar-refractivity contribution >= 4 is 6.21 Å².